The lowest BCUT2D eigenvalue weighted by Crippen LogP contribution is -2.42. The zero-order valence-electron chi connectivity index (χ0n) is 14.2. The fraction of sp³-hybridized carbons (Fsp3) is 0.444. The van der Waals surface area contributed by atoms with Gasteiger partial charge in [-0.05, 0) is 43.6 Å². The van der Waals surface area contributed by atoms with E-state index >= 15 is 0 Å². The number of likely N-dealkylation sites (tertiary alicyclic amines) is 1. The molecule has 2 aromatic rings. The second-order valence-electron chi connectivity index (χ2n) is 6.23. The first-order valence-electron chi connectivity index (χ1n) is 8.66. The molecule has 7 heteroatoms. The summed E-state index contributed by atoms with van der Waals surface area (Å²) in [7, 11) is 0. The Labute approximate surface area is 146 Å². The van der Waals surface area contributed by atoms with Crippen LogP contribution in [0, 0.1) is 0 Å². The van der Waals surface area contributed by atoms with Gasteiger partial charge in [-0.2, -0.15) is 0 Å². The summed E-state index contributed by atoms with van der Waals surface area (Å²) in [4.78, 5) is 34.1. The Bertz CT molecular complexity index is 740. The van der Waals surface area contributed by atoms with Crippen LogP contribution >= 0.6 is 0 Å². The topological polar surface area (TPSA) is 80.1 Å². The van der Waals surface area contributed by atoms with Crippen molar-refractivity contribution in [3.05, 3.63) is 59.0 Å². The molecule has 1 N–H and O–H groups in total. The van der Waals surface area contributed by atoms with Gasteiger partial charge in [0.15, 0.2) is 0 Å². The summed E-state index contributed by atoms with van der Waals surface area (Å²) < 4.78 is 1.30. The second-order valence-corrected chi connectivity index (χ2v) is 6.23. The highest BCUT2D eigenvalue weighted by Crippen LogP contribution is 2.23. The van der Waals surface area contributed by atoms with Gasteiger partial charge >= 0.3 is 5.69 Å². The molecule has 7 nitrogen and oxygen atoms in total. The first-order chi connectivity index (χ1) is 12.2. The molecule has 0 aromatic carbocycles. The Hall–Kier alpha value is -2.54. The minimum Gasteiger partial charge on any atom is -0.353 e. The van der Waals surface area contributed by atoms with Crippen molar-refractivity contribution in [3.63, 3.8) is 0 Å². The molecule has 1 saturated heterocycles. The van der Waals surface area contributed by atoms with Crippen LogP contribution < -0.4 is 11.0 Å². The SMILES string of the molecule is O=C(Cn1cccnc1=O)NC[C@H](c1cccnc1)N1CCCCC1. The first kappa shape index (κ1) is 17.3. The van der Waals surface area contributed by atoms with Crippen LogP contribution in [0.15, 0.2) is 47.8 Å². The number of nitrogens with one attached hydrogen (secondary N) is 1. The Balaban J connectivity index is 1.65. The highest BCUT2D eigenvalue weighted by Gasteiger charge is 2.23. The number of hydrogen-bond acceptors (Lipinski definition) is 5. The number of rotatable bonds is 6. The predicted molar refractivity (Wildman–Crippen MR) is 93.9 cm³/mol. The van der Waals surface area contributed by atoms with Crippen molar-refractivity contribution in [2.75, 3.05) is 19.6 Å². The van der Waals surface area contributed by atoms with Crippen molar-refractivity contribution in [3.8, 4) is 0 Å². The lowest BCUT2D eigenvalue weighted by Gasteiger charge is -2.34. The molecule has 1 fully saturated rings. The van der Waals surface area contributed by atoms with Crippen LogP contribution in [0.1, 0.15) is 30.9 Å². The molecule has 0 bridgehead atoms. The largest absolute Gasteiger partial charge is 0.353 e. The van der Waals surface area contributed by atoms with E-state index in [9.17, 15) is 9.59 Å². The van der Waals surface area contributed by atoms with E-state index < -0.39 is 5.69 Å². The number of carbonyl (C=O) groups excluding carboxylic acids is 1. The molecule has 1 amide bonds. The van der Waals surface area contributed by atoms with Gasteiger partial charge in [-0.15, -0.1) is 0 Å². The molecule has 0 unspecified atom stereocenters. The maximum Gasteiger partial charge on any atom is 0.347 e. The molecule has 132 valence electrons. The van der Waals surface area contributed by atoms with E-state index in [0.29, 0.717) is 6.54 Å². The lowest BCUT2D eigenvalue weighted by atomic mass is 10.0. The van der Waals surface area contributed by atoms with Gasteiger partial charge in [0.2, 0.25) is 5.91 Å². The molecular formula is C18H23N5O2. The van der Waals surface area contributed by atoms with E-state index in [1.165, 1.54) is 30.0 Å². The van der Waals surface area contributed by atoms with Crippen LogP contribution in [0.25, 0.3) is 0 Å². The minimum absolute atomic E-state index is 0.0214. The third-order valence-electron chi connectivity index (χ3n) is 4.49. The van der Waals surface area contributed by atoms with Crippen molar-refractivity contribution < 1.29 is 4.79 Å². The predicted octanol–water partition coefficient (Wildman–Crippen LogP) is 0.982. The lowest BCUT2D eigenvalue weighted by molar-refractivity contribution is -0.122. The fourth-order valence-corrected chi connectivity index (χ4v) is 3.19. The van der Waals surface area contributed by atoms with Gasteiger partial charge in [-0.3, -0.25) is 19.2 Å². The van der Waals surface area contributed by atoms with Crippen molar-refractivity contribution in [2.24, 2.45) is 0 Å². The monoisotopic (exact) mass is 341 g/mol. The summed E-state index contributed by atoms with van der Waals surface area (Å²) in [5, 5.41) is 2.96. The van der Waals surface area contributed by atoms with Crippen molar-refractivity contribution in [1.82, 2.24) is 24.8 Å². The third kappa shape index (κ3) is 4.73. The summed E-state index contributed by atoms with van der Waals surface area (Å²) in [6.07, 6.45) is 10.2. The Kier molecular flexibility index (Phi) is 5.90. The number of carbonyl (C=O) groups is 1. The summed E-state index contributed by atoms with van der Waals surface area (Å²) in [5.41, 5.74) is 0.681. The van der Waals surface area contributed by atoms with E-state index in [2.05, 4.69) is 20.2 Å². The average molecular weight is 341 g/mol. The van der Waals surface area contributed by atoms with Gasteiger partial charge in [-0.1, -0.05) is 12.5 Å². The van der Waals surface area contributed by atoms with E-state index in [1.807, 2.05) is 18.3 Å². The molecule has 0 saturated carbocycles. The summed E-state index contributed by atoms with van der Waals surface area (Å²) in [5.74, 6) is -0.194. The van der Waals surface area contributed by atoms with Gasteiger partial charge in [0.05, 0.1) is 6.04 Å². The highest BCUT2D eigenvalue weighted by atomic mass is 16.2. The zero-order chi connectivity index (χ0) is 17.5. The van der Waals surface area contributed by atoms with E-state index in [1.54, 1.807) is 18.5 Å². The number of hydrogen-bond donors (Lipinski definition) is 1. The van der Waals surface area contributed by atoms with Crippen LogP contribution in [0.5, 0.6) is 0 Å². The van der Waals surface area contributed by atoms with Crippen LogP contribution in [-0.4, -0.2) is 45.0 Å². The van der Waals surface area contributed by atoms with Gasteiger partial charge < -0.3 is 5.32 Å². The Morgan fingerprint density at radius 2 is 2.04 bits per heavy atom. The van der Waals surface area contributed by atoms with Crippen molar-refractivity contribution in [2.45, 2.75) is 31.8 Å². The summed E-state index contributed by atoms with van der Waals surface area (Å²) >= 11 is 0. The second kappa shape index (κ2) is 8.53. The number of piperidine rings is 1. The molecule has 0 aliphatic carbocycles. The smallest absolute Gasteiger partial charge is 0.347 e. The molecule has 25 heavy (non-hydrogen) atoms. The molecule has 2 aromatic heterocycles. The molecule has 0 spiro atoms. The van der Waals surface area contributed by atoms with E-state index in [4.69, 9.17) is 0 Å². The number of nitrogens with zero attached hydrogens (tertiary/aromatic N) is 4. The Morgan fingerprint density at radius 3 is 2.76 bits per heavy atom. The average Bonchev–Trinajstić information content (AvgIpc) is 2.66. The van der Waals surface area contributed by atoms with Crippen LogP contribution in [-0.2, 0) is 11.3 Å². The van der Waals surface area contributed by atoms with Crippen LogP contribution in [0.3, 0.4) is 0 Å². The van der Waals surface area contributed by atoms with Gasteiger partial charge in [0.1, 0.15) is 6.54 Å². The quantitative estimate of drug-likeness (QED) is 0.847. The minimum atomic E-state index is -0.419. The van der Waals surface area contributed by atoms with Gasteiger partial charge in [0.25, 0.3) is 0 Å². The standard InChI is InChI=1S/C18H23N5O2/c24-17(14-23-11-5-8-20-18(23)25)21-13-16(15-6-4-7-19-12-15)22-9-2-1-3-10-22/h4-8,11-12,16H,1-3,9-10,13-14H2,(H,21,24)/t16-/m1/s1. The fourth-order valence-electron chi connectivity index (χ4n) is 3.19. The van der Waals surface area contributed by atoms with Crippen LogP contribution in [0.2, 0.25) is 0 Å². The molecule has 1 aliphatic rings. The zero-order valence-corrected chi connectivity index (χ0v) is 14.2. The number of amides is 1. The maximum atomic E-state index is 12.3. The molecule has 0 radical (unpaired) electrons. The first-order valence-corrected chi connectivity index (χ1v) is 8.66. The van der Waals surface area contributed by atoms with Gasteiger partial charge in [0, 0.05) is 31.3 Å². The van der Waals surface area contributed by atoms with Gasteiger partial charge in [-0.25, -0.2) is 9.78 Å². The normalized spacial score (nSPS) is 16.3. The summed E-state index contributed by atoms with van der Waals surface area (Å²) in [6, 6.07) is 5.71. The van der Waals surface area contributed by atoms with Crippen LogP contribution in [0.4, 0.5) is 0 Å². The summed E-state index contributed by atoms with van der Waals surface area (Å²) in [6.45, 7) is 2.53. The Morgan fingerprint density at radius 1 is 1.20 bits per heavy atom. The molecular weight excluding hydrogens is 318 g/mol. The molecule has 3 rings (SSSR count). The number of pyridine rings is 1. The van der Waals surface area contributed by atoms with Crippen molar-refractivity contribution in [1.29, 1.82) is 0 Å². The van der Waals surface area contributed by atoms with E-state index in [-0.39, 0.29) is 18.5 Å². The maximum absolute atomic E-state index is 12.3. The molecule has 1 atom stereocenters. The molecule has 1 aliphatic heterocycles. The highest BCUT2D eigenvalue weighted by molar-refractivity contribution is 5.75. The third-order valence-corrected chi connectivity index (χ3v) is 4.49. The number of aromatic nitrogens is 3. The van der Waals surface area contributed by atoms with Crippen molar-refractivity contribution >= 4 is 5.91 Å². The van der Waals surface area contributed by atoms with E-state index in [0.717, 1.165) is 18.7 Å². The molecule has 3 heterocycles.